The topological polar surface area (TPSA) is 70.5 Å². The molecule has 4 rings (SSSR count). The van der Waals surface area contributed by atoms with E-state index in [1.807, 2.05) is 13.2 Å². The van der Waals surface area contributed by atoms with Gasteiger partial charge in [-0.25, -0.2) is 4.79 Å². The molecule has 1 aromatic rings. The van der Waals surface area contributed by atoms with Crippen LogP contribution in [0.5, 0.6) is 0 Å². The number of amides is 3. The highest BCUT2D eigenvalue weighted by Gasteiger charge is 2.34. The Hall–Kier alpha value is -2.05. The van der Waals surface area contributed by atoms with Gasteiger partial charge in [0, 0.05) is 32.4 Å². The van der Waals surface area contributed by atoms with Crippen molar-refractivity contribution >= 4 is 17.6 Å². The summed E-state index contributed by atoms with van der Waals surface area (Å²) in [5.41, 5.74) is 0.799. The monoisotopic (exact) mass is 359 g/mol. The molecule has 0 bridgehead atoms. The third kappa shape index (κ3) is 3.57. The van der Waals surface area contributed by atoms with E-state index < -0.39 is 0 Å². The molecule has 2 aliphatic carbocycles. The van der Waals surface area contributed by atoms with Crippen LogP contribution in [0.2, 0.25) is 0 Å². The highest BCUT2D eigenvalue weighted by molar-refractivity contribution is 5.97. The van der Waals surface area contributed by atoms with E-state index in [9.17, 15) is 9.59 Å². The molecule has 142 valence electrons. The Morgan fingerprint density at radius 2 is 1.96 bits per heavy atom. The predicted octanol–water partition coefficient (Wildman–Crippen LogP) is 2.14. The molecule has 2 saturated carbocycles. The van der Waals surface area contributed by atoms with E-state index >= 15 is 0 Å². The number of nitrogens with one attached hydrogen (secondary N) is 1. The molecular weight excluding hydrogens is 330 g/mol. The van der Waals surface area contributed by atoms with E-state index in [4.69, 9.17) is 0 Å². The van der Waals surface area contributed by atoms with Gasteiger partial charge in [-0.15, -0.1) is 0 Å². The summed E-state index contributed by atoms with van der Waals surface area (Å²) >= 11 is 0. The van der Waals surface area contributed by atoms with Gasteiger partial charge in [-0.1, -0.05) is 25.7 Å². The van der Waals surface area contributed by atoms with E-state index in [1.165, 1.54) is 32.1 Å². The van der Waals surface area contributed by atoms with Gasteiger partial charge in [-0.3, -0.25) is 9.48 Å². The number of hydrogen-bond acceptors (Lipinski definition) is 3. The molecule has 3 unspecified atom stereocenters. The number of fused-ring (bicyclic) bond motifs is 1. The number of aromatic nitrogens is 2. The summed E-state index contributed by atoms with van der Waals surface area (Å²) in [6.07, 6.45) is 12.4. The Labute approximate surface area is 154 Å². The fourth-order valence-corrected chi connectivity index (χ4v) is 4.94. The Morgan fingerprint density at radius 3 is 2.69 bits per heavy atom. The average Bonchev–Trinajstić information content (AvgIpc) is 3.07. The van der Waals surface area contributed by atoms with E-state index in [2.05, 4.69) is 10.4 Å². The van der Waals surface area contributed by atoms with Gasteiger partial charge in [0.1, 0.15) is 6.54 Å². The minimum absolute atomic E-state index is 0.0459. The third-order valence-corrected chi connectivity index (χ3v) is 6.38. The molecule has 3 fully saturated rings. The average molecular weight is 359 g/mol. The van der Waals surface area contributed by atoms with Gasteiger partial charge in [-0.2, -0.15) is 5.10 Å². The van der Waals surface area contributed by atoms with Crippen LogP contribution in [0.15, 0.2) is 12.4 Å². The lowest BCUT2D eigenvalue weighted by Gasteiger charge is -2.40. The predicted molar refractivity (Wildman–Crippen MR) is 98.8 cm³/mol. The molecule has 1 N–H and O–H groups in total. The molecule has 2 heterocycles. The van der Waals surface area contributed by atoms with Crippen molar-refractivity contribution in [2.45, 2.75) is 51.0 Å². The number of nitrogens with zero attached hydrogens (tertiary/aromatic N) is 4. The summed E-state index contributed by atoms with van der Waals surface area (Å²) in [6.45, 7) is 1.22. The van der Waals surface area contributed by atoms with E-state index in [1.54, 1.807) is 20.7 Å². The zero-order chi connectivity index (χ0) is 18.1. The fraction of sp³-hybridized carbons (Fsp3) is 0.737. The summed E-state index contributed by atoms with van der Waals surface area (Å²) in [5.74, 6) is 1.61. The normalized spacial score (nSPS) is 29.4. The number of aryl methyl sites for hydroxylation is 1. The van der Waals surface area contributed by atoms with Crippen molar-refractivity contribution in [1.82, 2.24) is 20.0 Å². The molecule has 1 saturated heterocycles. The summed E-state index contributed by atoms with van der Waals surface area (Å²) in [6, 6.07) is 0.191. The Bertz CT molecular complexity index is 673. The van der Waals surface area contributed by atoms with Crippen LogP contribution in [0.4, 0.5) is 10.5 Å². The van der Waals surface area contributed by atoms with Crippen molar-refractivity contribution in [3.63, 3.8) is 0 Å². The number of rotatable bonds is 2. The highest BCUT2D eigenvalue weighted by Crippen LogP contribution is 2.40. The zero-order valence-electron chi connectivity index (χ0n) is 15.6. The lowest BCUT2D eigenvalue weighted by Crippen LogP contribution is -2.56. The van der Waals surface area contributed by atoms with Crippen LogP contribution in [0, 0.1) is 11.8 Å². The first-order valence-electron chi connectivity index (χ1n) is 9.94. The molecule has 7 nitrogen and oxygen atoms in total. The molecule has 3 aliphatic rings. The maximum absolute atomic E-state index is 12.6. The first kappa shape index (κ1) is 17.4. The van der Waals surface area contributed by atoms with Crippen molar-refractivity contribution in [3.8, 4) is 0 Å². The molecule has 0 aromatic carbocycles. The van der Waals surface area contributed by atoms with E-state index in [-0.39, 0.29) is 24.5 Å². The van der Waals surface area contributed by atoms with Crippen LogP contribution >= 0.6 is 0 Å². The molecule has 7 heteroatoms. The Balaban J connectivity index is 1.30. The van der Waals surface area contributed by atoms with Crippen molar-refractivity contribution in [3.05, 3.63) is 12.4 Å². The molecule has 3 atom stereocenters. The van der Waals surface area contributed by atoms with Gasteiger partial charge in [-0.05, 0) is 31.1 Å². The van der Waals surface area contributed by atoms with Crippen molar-refractivity contribution in [2.75, 3.05) is 24.5 Å². The van der Waals surface area contributed by atoms with E-state index in [0.29, 0.717) is 13.1 Å². The minimum atomic E-state index is -0.0801. The Kier molecular flexibility index (Phi) is 4.87. The molecule has 26 heavy (non-hydrogen) atoms. The second-order valence-electron chi connectivity index (χ2n) is 8.10. The summed E-state index contributed by atoms with van der Waals surface area (Å²) in [4.78, 5) is 28.5. The highest BCUT2D eigenvalue weighted by atomic mass is 16.2. The summed E-state index contributed by atoms with van der Waals surface area (Å²) in [7, 11) is 1.83. The van der Waals surface area contributed by atoms with Crippen LogP contribution in [0.1, 0.15) is 44.9 Å². The molecular formula is C19H29N5O2. The second kappa shape index (κ2) is 7.29. The molecule has 0 spiro atoms. The summed E-state index contributed by atoms with van der Waals surface area (Å²) < 4.78 is 1.68. The van der Waals surface area contributed by atoms with Gasteiger partial charge >= 0.3 is 6.03 Å². The van der Waals surface area contributed by atoms with Gasteiger partial charge in [0.2, 0.25) is 5.91 Å². The number of hydrogen-bond donors (Lipinski definition) is 1. The van der Waals surface area contributed by atoms with Crippen molar-refractivity contribution < 1.29 is 9.59 Å². The van der Waals surface area contributed by atoms with Gasteiger partial charge in [0.15, 0.2) is 0 Å². The SMILES string of the molecule is Cn1cc(N2CCN(C(=O)NC3CCC4CCCCC4C3)CC2=O)cn1. The van der Waals surface area contributed by atoms with Gasteiger partial charge < -0.3 is 15.1 Å². The number of piperazine rings is 1. The first-order chi connectivity index (χ1) is 12.6. The molecule has 1 aliphatic heterocycles. The standard InChI is InChI=1S/C19H29N5O2/c1-22-12-17(11-20-22)24-9-8-23(13-18(24)25)19(26)21-16-7-6-14-4-2-3-5-15(14)10-16/h11-12,14-16H,2-10,13H2,1H3,(H,21,26). The fourth-order valence-electron chi connectivity index (χ4n) is 4.94. The zero-order valence-corrected chi connectivity index (χ0v) is 15.6. The lowest BCUT2D eigenvalue weighted by molar-refractivity contribution is -0.120. The number of carbonyl (C=O) groups excluding carboxylic acids is 2. The van der Waals surface area contributed by atoms with Crippen molar-refractivity contribution in [2.24, 2.45) is 18.9 Å². The van der Waals surface area contributed by atoms with Crippen molar-refractivity contribution in [1.29, 1.82) is 0 Å². The van der Waals surface area contributed by atoms with Crippen LogP contribution in [0.3, 0.4) is 0 Å². The quantitative estimate of drug-likeness (QED) is 0.879. The molecule has 0 radical (unpaired) electrons. The molecule has 3 amide bonds. The smallest absolute Gasteiger partial charge is 0.318 e. The van der Waals surface area contributed by atoms with Crippen LogP contribution in [-0.2, 0) is 11.8 Å². The Morgan fingerprint density at radius 1 is 1.15 bits per heavy atom. The largest absolute Gasteiger partial charge is 0.335 e. The minimum Gasteiger partial charge on any atom is -0.335 e. The maximum Gasteiger partial charge on any atom is 0.318 e. The lowest BCUT2D eigenvalue weighted by atomic mass is 9.69. The van der Waals surface area contributed by atoms with Gasteiger partial charge in [0.05, 0.1) is 11.9 Å². The van der Waals surface area contributed by atoms with Crippen LogP contribution in [-0.4, -0.2) is 52.3 Å². The number of urea groups is 1. The number of carbonyl (C=O) groups is 2. The summed E-state index contributed by atoms with van der Waals surface area (Å²) in [5, 5.41) is 7.32. The van der Waals surface area contributed by atoms with Gasteiger partial charge in [0.25, 0.3) is 0 Å². The van der Waals surface area contributed by atoms with Crippen LogP contribution < -0.4 is 10.2 Å². The van der Waals surface area contributed by atoms with Crippen LogP contribution in [0.25, 0.3) is 0 Å². The first-order valence-corrected chi connectivity index (χ1v) is 9.94. The number of anilines is 1. The maximum atomic E-state index is 12.6. The molecule has 1 aromatic heterocycles. The third-order valence-electron chi connectivity index (χ3n) is 6.38. The second-order valence-corrected chi connectivity index (χ2v) is 8.10. The van der Waals surface area contributed by atoms with E-state index in [0.717, 1.165) is 30.4 Å².